The summed E-state index contributed by atoms with van der Waals surface area (Å²) in [5, 5.41) is 8.45. The zero-order valence-corrected chi connectivity index (χ0v) is 16.4. The number of hydrogen-bond acceptors (Lipinski definition) is 5. The Kier molecular flexibility index (Phi) is 5.93. The number of halogens is 1. The molecule has 2 amide bonds. The van der Waals surface area contributed by atoms with Crippen molar-refractivity contribution in [1.29, 1.82) is 0 Å². The van der Waals surface area contributed by atoms with Crippen molar-refractivity contribution in [2.45, 2.75) is 26.3 Å². The van der Waals surface area contributed by atoms with Gasteiger partial charge in [0.05, 0.1) is 30.0 Å². The molecule has 1 atom stereocenters. The summed E-state index contributed by atoms with van der Waals surface area (Å²) in [6.07, 6.45) is 1.59. The second kappa shape index (κ2) is 8.37. The smallest absolute Gasteiger partial charge is 0.260 e. The number of aryl methyl sites for hydroxylation is 1. The second-order valence-electron chi connectivity index (χ2n) is 6.01. The zero-order chi connectivity index (χ0) is 19.4. The fourth-order valence-corrected chi connectivity index (χ4v) is 3.45. The van der Waals surface area contributed by atoms with Crippen LogP contribution in [0.15, 0.2) is 46.4 Å². The van der Waals surface area contributed by atoms with Gasteiger partial charge in [0.2, 0.25) is 5.91 Å². The average molecular weight is 404 g/mol. The number of aromatic nitrogens is 1. The first kappa shape index (κ1) is 19.1. The van der Waals surface area contributed by atoms with Crippen LogP contribution in [0.3, 0.4) is 0 Å². The summed E-state index contributed by atoms with van der Waals surface area (Å²) < 4.78 is 5.12. The molecule has 0 aliphatic rings. The van der Waals surface area contributed by atoms with Gasteiger partial charge in [-0.15, -0.1) is 11.3 Å². The zero-order valence-electron chi connectivity index (χ0n) is 14.8. The number of amides is 2. The van der Waals surface area contributed by atoms with Crippen molar-refractivity contribution >= 4 is 39.9 Å². The molecule has 0 fully saturated rings. The molecule has 1 aromatic carbocycles. The third-order valence-corrected chi connectivity index (χ3v) is 4.99. The van der Waals surface area contributed by atoms with Gasteiger partial charge in [-0.1, -0.05) is 23.7 Å². The SMILES string of the molecule is Cc1occc1C(=O)Nc1nc(CC(=O)N[C@H](C)c2cccc(Cl)c2)cs1. The molecule has 8 heteroatoms. The van der Waals surface area contributed by atoms with Crippen LogP contribution in [0.1, 0.15) is 40.3 Å². The molecule has 3 rings (SSSR count). The van der Waals surface area contributed by atoms with Gasteiger partial charge in [0.25, 0.3) is 5.91 Å². The Bertz CT molecular complexity index is 967. The standard InChI is InChI=1S/C19H18ClN3O3S/c1-11(13-4-3-5-14(20)8-13)21-17(24)9-15-10-27-19(22-15)23-18(25)16-6-7-26-12(16)2/h3-8,10-11H,9H2,1-2H3,(H,21,24)(H,22,23,25)/t11-/m1/s1. The maximum atomic E-state index is 12.3. The average Bonchev–Trinajstić information content (AvgIpc) is 3.23. The lowest BCUT2D eigenvalue weighted by molar-refractivity contribution is -0.121. The quantitative estimate of drug-likeness (QED) is 0.640. The molecule has 2 heterocycles. The largest absolute Gasteiger partial charge is 0.469 e. The minimum Gasteiger partial charge on any atom is -0.469 e. The lowest BCUT2D eigenvalue weighted by Crippen LogP contribution is -2.28. The molecule has 140 valence electrons. The van der Waals surface area contributed by atoms with E-state index in [1.165, 1.54) is 17.6 Å². The Morgan fingerprint density at radius 1 is 1.33 bits per heavy atom. The number of nitrogens with zero attached hydrogens (tertiary/aromatic N) is 1. The Morgan fingerprint density at radius 2 is 2.15 bits per heavy atom. The van der Waals surface area contributed by atoms with E-state index in [1.807, 2.05) is 25.1 Å². The number of carbonyl (C=O) groups excluding carboxylic acids is 2. The monoisotopic (exact) mass is 403 g/mol. The van der Waals surface area contributed by atoms with E-state index in [-0.39, 0.29) is 24.3 Å². The maximum Gasteiger partial charge on any atom is 0.260 e. The highest BCUT2D eigenvalue weighted by Gasteiger charge is 2.15. The van der Waals surface area contributed by atoms with Crippen LogP contribution in [-0.2, 0) is 11.2 Å². The molecule has 0 aliphatic heterocycles. The van der Waals surface area contributed by atoms with Gasteiger partial charge in [-0.05, 0) is 37.6 Å². The molecule has 0 saturated carbocycles. The number of benzene rings is 1. The number of carbonyl (C=O) groups is 2. The Hall–Kier alpha value is -2.64. The summed E-state index contributed by atoms with van der Waals surface area (Å²) in [6, 6.07) is 8.79. The normalized spacial score (nSPS) is 11.8. The van der Waals surface area contributed by atoms with Gasteiger partial charge in [-0.25, -0.2) is 4.98 Å². The van der Waals surface area contributed by atoms with E-state index >= 15 is 0 Å². The van der Waals surface area contributed by atoms with Gasteiger partial charge in [-0.2, -0.15) is 0 Å². The summed E-state index contributed by atoms with van der Waals surface area (Å²) in [5.74, 6) is 0.0937. The summed E-state index contributed by atoms with van der Waals surface area (Å²) >= 11 is 7.25. The van der Waals surface area contributed by atoms with E-state index in [2.05, 4.69) is 15.6 Å². The predicted octanol–water partition coefficient (Wildman–Crippen LogP) is 4.37. The van der Waals surface area contributed by atoms with Crippen molar-refractivity contribution in [3.63, 3.8) is 0 Å². The number of nitrogens with one attached hydrogen (secondary N) is 2. The lowest BCUT2D eigenvalue weighted by atomic mass is 10.1. The van der Waals surface area contributed by atoms with E-state index in [4.69, 9.17) is 16.0 Å². The van der Waals surface area contributed by atoms with Crippen LogP contribution in [-0.4, -0.2) is 16.8 Å². The lowest BCUT2D eigenvalue weighted by Gasteiger charge is -2.14. The Balaban J connectivity index is 1.56. The third-order valence-electron chi connectivity index (χ3n) is 3.94. The van der Waals surface area contributed by atoms with Crippen LogP contribution < -0.4 is 10.6 Å². The van der Waals surface area contributed by atoms with Gasteiger partial charge in [0, 0.05) is 10.4 Å². The van der Waals surface area contributed by atoms with E-state index in [9.17, 15) is 9.59 Å². The second-order valence-corrected chi connectivity index (χ2v) is 7.30. The topological polar surface area (TPSA) is 84.2 Å². The highest BCUT2D eigenvalue weighted by molar-refractivity contribution is 7.14. The summed E-state index contributed by atoms with van der Waals surface area (Å²) in [4.78, 5) is 28.7. The first-order chi connectivity index (χ1) is 12.9. The first-order valence-electron chi connectivity index (χ1n) is 8.27. The molecule has 0 spiro atoms. The molecule has 0 radical (unpaired) electrons. The van der Waals surface area contributed by atoms with Gasteiger partial charge in [0.1, 0.15) is 5.76 Å². The van der Waals surface area contributed by atoms with Gasteiger partial charge >= 0.3 is 0 Å². The Morgan fingerprint density at radius 3 is 2.85 bits per heavy atom. The van der Waals surface area contributed by atoms with E-state index in [1.54, 1.807) is 24.4 Å². The number of anilines is 1. The number of furan rings is 1. The van der Waals surface area contributed by atoms with Gasteiger partial charge in [-0.3, -0.25) is 14.9 Å². The minimum absolute atomic E-state index is 0.127. The molecule has 3 aromatic rings. The van der Waals surface area contributed by atoms with Crippen molar-refractivity contribution in [1.82, 2.24) is 10.3 Å². The summed E-state index contributed by atoms with van der Waals surface area (Å²) in [6.45, 7) is 3.61. The third kappa shape index (κ3) is 4.96. The molecule has 27 heavy (non-hydrogen) atoms. The summed E-state index contributed by atoms with van der Waals surface area (Å²) in [5.41, 5.74) is 1.98. The molecule has 6 nitrogen and oxygen atoms in total. The van der Waals surface area contributed by atoms with Crippen molar-refractivity contribution in [2.24, 2.45) is 0 Å². The van der Waals surface area contributed by atoms with Crippen molar-refractivity contribution in [3.8, 4) is 0 Å². The van der Waals surface area contributed by atoms with Crippen molar-refractivity contribution in [3.05, 3.63) is 69.6 Å². The molecule has 0 aliphatic carbocycles. The molecular formula is C19H18ClN3O3S. The molecule has 2 aromatic heterocycles. The minimum atomic E-state index is -0.291. The van der Waals surface area contributed by atoms with Crippen LogP contribution in [0, 0.1) is 6.92 Å². The van der Waals surface area contributed by atoms with Crippen molar-refractivity contribution < 1.29 is 14.0 Å². The highest BCUT2D eigenvalue weighted by atomic mass is 35.5. The molecule has 2 N–H and O–H groups in total. The predicted molar refractivity (Wildman–Crippen MR) is 105 cm³/mol. The molecule has 0 unspecified atom stereocenters. The number of rotatable bonds is 6. The van der Waals surface area contributed by atoms with E-state index in [0.717, 1.165) is 5.56 Å². The van der Waals surface area contributed by atoms with Gasteiger partial charge < -0.3 is 9.73 Å². The molecule has 0 bridgehead atoms. The first-order valence-corrected chi connectivity index (χ1v) is 9.53. The molecular weight excluding hydrogens is 386 g/mol. The fourth-order valence-electron chi connectivity index (χ4n) is 2.55. The van der Waals surface area contributed by atoms with Crippen LogP contribution in [0.25, 0.3) is 0 Å². The molecule has 0 saturated heterocycles. The summed E-state index contributed by atoms with van der Waals surface area (Å²) in [7, 11) is 0. The van der Waals surface area contributed by atoms with Crippen molar-refractivity contribution in [2.75, 3.05) is 5.32 Å². The van der Waals surface area contributed by atoms with Crippen LogP contribution >= 0.6 is 22.9 Å². The van der Waals surface area contributed by atoms with E-state index < -0.39 is 0 Å². The Labute approximate surface area is 165 Å². The van der Waals surface area contributed by atoms with Crippen LogP contribution in [0.2, 0.25) is 5.02 Å². The van der Waals surface area contributed by atoms with E-state index in [0.29, 0.717) is 27.2 Å². The fraction of sp³-hybridized carbons (Fsp3) is 0.211. The van der Waals surface area contributed by atoms with Crippen LogP contribution in [0.5, 0.6) is 0 Å². The highest BCUT2D eigenvalue weighted by Crippen LogP contribution is 2.20. The number of hydrogen-bond donors (Lipinski definition) is 2. The number of thiazole rings is 1. The van der Waals surface area contributed by atoms with Gasteiger partial charge in [0.15, 0.2) is 5.13 Å². The maximum absolute atomic E-state index is 12.3. The van der Waals surface area contributed by atoms with Crippen LogP contribution in [0.4, 0.5) is 5.13 Å².